The van der Waals surface area contributed by atoms with Crippen LogP contribution < -0.4 is 20.1 Å². The number of guanidine groups is 1. The fourth-order valence-corrected chi connectivity index (χ4v) is 4.38. The number of rotatable bonds is 10. The van der Waals surface area contributed by atoms with Crippen LogP contribution in [0, 0.1) is 5.92 Å². The highest BCUT2D eigenvalue weighted by molar-refractivity contribution is 14.0. The van der Waals surface area contributed by atoms with Crippen molar-refractivity contribution in [3.8, 4) is 11.5 Å². The second-order valence-corrected chi connectivity index (χ2v) is 8.47. The standard InChI is InChI=1S/C24H40N4O3.HI/c1-4-31-23-16-19(7-8-22(23)29-3)6-5-12-26-24(25-2)27-21-9-13-28(14-10-21)17-20-11-15-30-18-20;/h7-8,16,20-21H,4-6,9-15,17-18H2,1-3H3,(H2,25,26,27);1H. The van der Waals surface area contributed by atoms with Gasteiger partial charge in [-0.3, -0.25) is 4.99 Å². The smallest absolute Gasteiger partial charge is 0.191 e. The lowest BCUT2D eigenvalue weighted by Crippen LogP contribution is -2.49. The lowest BCUT2D eigenvalue weighted by atomic mass is 10.0. The van der Waals surface area contributed by atoms with E-state index in [4.69, 9.17) is 14.2 Å². The molecule has 0 aliphatic carbocycles. The Hall–Kier alpha value is -1.26. The van der Waals surface area contributed by atoms with Gasteiger partial charge in [-0.05, 0) is 62.6 Å². The van der Waals surface area contributed by atoms with Crippen molar-refractivity contribution in [2.24, 2.45) is 10.9 Å². The number of aliphatic imine (C=N–C) groups is 1. The molecule has 2 heterocycles. The summed E-state index contributed by atoms with van der Waals surface area (Å²) in [7, 11) is 3.52. The minimum atomic E-state index is 0. The molecular formula is C24H41IN4O3. The van der Waals surface area contributed by atoms with Crippen molar-refractivity contribution < 1.29 is 14.2 Å². The summed E-state index contributed by atoms with van der Waals surface area (Å²) < 4.78 is 16.6. The normalized spacial score (nSPS) is 20.0. The van der Waals surface area contributed by atoms with Crippen LogP contribution in [0.4, 0.5) is 0 Å². The van der Waals surface area contributed by atoms with E-state index in [1.54, 1.807) is 7.11 Å². The molecule has 0 spiro atoms. The second-order valence-electron chi connectivity index (χ2n) is 8.47. The van der Waals surface area contributed by atoms with Gasteiger partial charge in [0.1, 0.15) is 0 Å². The number of aryl methyl sites for hydroxylation is 1. The molecule has 2 aliphatic heterocycles. The molecule has 1 aromatic carbocycles. The third kappa shape index (κ3) is 8.59. The van der Waals surface area contributed by atoms with E-state index in [0.717, 1.165) is 69.1 Å². The summed E-state index contributed by atoms with van der Waals surface area (Å²) in [5.41, 5.74) is 1.26. The number of methoxy groups -OCH3 is 1. The van der Waals surface area contributed by atoms with E-state index >= 15 is 0 Å². The first-order valence-electron chi connectivity index (χ1n) is 11.8. The lowest BCUT2D eigenvalue weighted by molar-refractivity contribution is 0.150. The molecule has 2 saturated heterocycles. The Morgan fingerprint density at radius 3 is 2.69 bits per heavy atom. The van der Waals surface area contributed by atoms with Gasteiger partial charge in [0.05, 0.1) is 20.3 Å². The first-order valence-corrected chi connectivity index (χ1v) is 11.8. The fraction of sp³-hybridized carbons (Fsp3) is 0.708. The monoisotopic (exact) mass is 560 g/mol. The van der Waals surface area contributed by atoms with E-state index in [9.17, 15) is 0 Å². The largest absolute Gasteiger partial charge is 0.493 e. The van der Waals surface area contributed by atoms with E-state index in [0.29, 0.717) is 12.6 Å². The molecule has 182 valence electrons. The number of benzene rings is 1. The van der Waals surface area contributed by atoms with E-state index in [1.807, 2.05) is 20.0 Å². The number of ether oxygens (including phenoxy) is 3. The first-order chi connectivity index (χ1) is 15.2. The number of piperidine rings is 1. The minimum Gasteiger partial charge on any atom is -0.493 e. The Balaban J connectivity index is 0.00000363. The lowest BCUT2D eigenvalue weighted by Gasteiger charge is -2.34. The van der Waals surface area contributed by atoms with Gasteiger partial charge in [-0.2, -0.15) is 0 Å². The molecule has 0 aromatic heterocycles. The third-order valence-corrected chi connectivity index (χ3v) is 6.15. The van der Waals surface area contributed by atoms with Crippen LogP contribution in [0.2, 0.25) is 0 Å². The van der Waals surface area contributed by atoms with Gasteiger partial charge in [0.15, 0.2) is 17.5 Å². The van der Waals surface area contributed by atoms with E-state index < -0.39 is 0 Å². The van der Waals surface area contributed by atoms with Crippen LogP contribution in [0.25, 0.3) is 0 Å². The zero-order valence-electron chi connectivity index (χ0n) is 19.9. The first kappa shape index (κ1) is 27.0. The number of nitrogens with one attached hydrogen (secondary N) is 2. The van der Waals surface area contributed by atoms with Crippen LogP contribution in [-0.4, -0.2) is 77.1 Å². The van der Waals surface area contributed by atoms with Gasteiger partial charge in [-0.25, -0.2) is 0 Å². The maximum absolute atomic E-state index is 5.68. The van der Waals surface area contributed by atoms with Gasteiger partial charge in [0, 0.05) is 45.9 Å². The Bertz CT molecular complexity index is 690. The zero-order chi connectivity index (χ0) is 21.9. The molecule has 0 radical (unpaired) electrons. The van der Waals surface area contributed by atoms with Crippen molar-refractivity contribution in [3.63, 3.8) is 0 Å². The van der Waals surface area contributed by atoms with Crippen molar-refractivity contribution in [2.45, 2.75) is 45.1 Å². The summed E-state index contributed by atoms with van der Waals surface area (Å²) in [6.45, 7) is 8.90. The van der Waals surface area contributed by atoms with Crippen LogP contribution in [-0.2, 0) is 11.2 Å². The Kier molecular flexibility index (Phi) is 12.5. The van der Waals surface area contributed by atoms with E-state index in [1.165, 1.54) is 31.4 Å². The Morgan fingerprint density at radius 2 is 2.03 bits per heavy atom. The molecule has 0 bridgehead atoms. The molecule has 2 fully saturated rings. The third-order valence-electron chi connectivity index (χ3n) is 6.15. The molecule has 1 unspecified atom stereocenters. The molecule has 2 aliphatic rings. The van der Waals surface area contributed by atoms with Crippen molar-refractivity contribution in [1.29, 1.82) is 0 Å². The van der Waals surface area contributed by atoms with Gasteiger partial charge < -0.3 is 29.7 Å². The average Bonchev–Trinajstić information content (AvgIpc) is 3.30. The van der Waals surface area contributed by atoms with Crippen molar-refractivity contribution in [2.75, 3.05) is 60.2 Å². The minimum absolute atomic E-state index is 0. The summed E-state index contributed by atoms with van der Waals surface area (Å²) >= 11 is 0. The number of likely N-dealkylation sites (tertiary alicyclic amines) is 1. The van der Waals surface area contributed by atoms with Gasteiger partial charge in [-0.1, -0.05) is 6.07 Å². The predicted octanol–water partition coefficient (Wildman–Crippen LogP) is 3.31. The van der Waals surface area contributed by atoms with E-state index in [2.05, 4.69) is 32.7 Å². The maximum atomic E-state index is 5.68. The van der Waals surface area contributed by atoms with Crippen molar-refractivity contribution in [3.05, 3.63) is 23.8 Å². The van der Waals surface area contributed by atoms with Crippen molar-refractivity contribution in [1.82, 2.24) is 15.5 Å². The molecule has 3 rings (SSSR count). The molecular weight excluding hydrogens is 519 g/mol. The number of hydrogen-bond acceptors (Lipinski definition) is 5. The molecule has 2 N–H and O–H groups in total. The summed E-state index contributed by atoms with van der Waals surface area (Å²) in [4.78, 5) is 7.01. The maximum Gasteiger partial charge on any atom is 0.191 e. The van der Waals surface area contributed by atoms with E-state index in [-0.39, 0.29) is 24.0 Å². The molecule has 1 atom stereocenters. The summed E-state index contributed by atoms with van der Waals surface area (Å²) in [5.74, 6) is 3.25. The van der Waals surface area contributed by atoms with Crippen LogP contribution in [0.5, 0.6) is 11.5 Å². The molecule has 1 aromatic rings. The zero-order valence-corrected chi connectivity index (χ0v) is 22.2. The van der Waals surface area contributed by atoms with Crippen LogP contribution in [0.3, 0.4) is 0 Å². The quantitative estimate of drug-likeness (QED) is 0.198. The topological polar surface area (TPSA) is 67.4 Å². The second kappa shape index (κ2) is 14.8. The molecule has 8 heteroatoms. The van der Waals surface area contributed by atoms with Gasteiger partial charge in [-0.15, -0.1) is 24.0 Å². The number of halogens is 1. The highest BCUT2D eigenvalue weighted by Gasteiger charge is 2.24. The van der Waals surface area contributed by atoms with Gasteiger partial charge in [0.2, 0.25) is 0 Å². The number of hydrogen-bond donors (Lipinski definition) is 2. The highest BCUT2D eigenvalue weighted by Crippen LogP contribution is 2.28. The molecule has 32 heavy (non-hydrogen) atoms. The predicted molar refractivity (Wildman–Crippen MR) is 141 cm³/mol. The average molecular weight is 561 g/mol. The van der Waals surface area contributed by atoms with Gasteiger partial charge in [0.25, 0.3) is 0 Å². The van der Waals surface area contributed by atoms with Crippen LogP contribution >= 0.6 is 24.0 Å². The Morgan fingerprint density at radius 1 is 1.22 bits per heavy atom. The summed E-state index contributed by atoms with van der Waals surface area (Å²) in [6.07, 6.45) is 5.57. The van der Waals surface area contributed by atoms with Crippen molar-refractivity contribution >= 4 is 29.9 Å². The highest BCUT2D eigenvalue weighted by atomic mass is 127. The van der Waals surface area contributed by atoms with Gasteiger partial charge >= 0.3 is 0 Å². The Labute approximate surface area is 210 Å². The molecule has 7 nitrogen and oxygen atoms in total. The SMILES string of the molecule is CCOc1cc(CCCNC(=NC)NC2CCN(CC3CCOC3)CC2)ccc1OC.I. The number of nitrogens with zero attached hydrogens (tertiary/aromatic N) is 2. The molecule has 0 amide bonds. The summed E-state index contributed by atoms with van der Waals surface area (Å²) in [5, 5.41) is 7.08. The fourth-order valence-electron chi connectivity index (χ4n) is 4.38. The molecule has 0 saturated carbocycles. The summed E-state index contributed by atoms with van der Waals surface area (Å²) in [6, 6.07) is 6.68. The van der Waals surface area contributed by atoms with Crippen LogP contribution in [0.15, 0.2) is 23.2 Å². The van der Waals surface area contributed by atoms with Crippen LogP contribution in [0.1, 0.15) is 38.2 Å².